The lowest BCUT2D eigenvalue weighted by Crippen LogP contribution is -2.09. The Balaban J connectivity index is 1.14. The minimum absolute atomic E-state index is 0.640. The molecule has 0 radical (unpaired) electrons. The van der Waals surface area contributed by atoms with Crippen LogP contribution < -0.4 is 4.90 Å². The van der Waals surface area contributed by atoms with Crippen molar-refractivity contribution in [2.45, 2.75) is 6.92 Å². The number of fused-ring (bicyclic) bond motifs is 1. The van der Waals surface area contributed by atoms with Gasteiger partial charge in [-0.1, -0.05) is 121 Å². The molecule has 0 aliphatic rings. The van der Waals surface area contributed by atoms with Crippen molar-refractivity contribution in [2.24, 2.45) is 0 Å². The molecule has 0 N–H and O–H groups in total. The third kappa shape index (κ3) is 5.49. The molecule has 0 aliphatic heterocycles. The van der Waals surface area contributed by atoms with Crippen molar-refractivity contribution in [1.29, 1.82) is 0 Å². The average Bonchev–Trinajstić information content (AvgIpc) is 3.59. The van der Waals surface area contributed by atoms with Gasteiger partial charge in [-0.15, -0.1) is 0 Å². The molecule has 1 aromatic heterocycles. The first kappa shape index (κ1) is 28.3. The first-order valence-electron chi connectivity index (χ1n) is 15.9. The Hall–Kier alpha value is -6.19. The SMILES string of the molecule is Cc1cccc2nc(-c3ccc(-c4ccccc4-c4ccccc4-c4ccc(N(c5ccccc5)c5ccccc5)cc4)cc3)oc12. The number of rotatable bonds is 7. The largest absolute Gasteiger partial charge is 0.436 e. The van der Waals surface area contributed by atoms with Gasteiger partial charge < -0.3 is 9.32 Å². The van der Waals surface area contributed by atoms with Crippen LogP contribution in [-0.4, -0.2) is 4.98 Å². The molecule has 7 aromatic carbocycles. The van der Waals surface area contributed by atoms with Crippen molar-refractivity contribution < 1.29 is 4.42 Å². The summed E-state index contributed by atoms with van der Waals surface area (Å²) < 4.78 is 6.15. The Bertz CT molecular complexity index is 2250. The van der Waals surface area contributed by atoms with E-state index in [1.165, 1.54) is 27.8 Å². The highest BCUT2D eigenvalue weighted by Crippen LogP contribution is 2.40. The number of hydrogen-bond donors (Lipinski definition) is 0. The molecule has 0 aliphatic carbocycles. The summed E-state index contributed by atoms with van der Waals surface area (Å²) in [5, 5.41) is 0. The van der Waals surface area contributed by atoms with E-state index >= 15 is 0 Å². The fourth-order valence-electron chi connectivity index (χ4n) is 6.33. The molecule has 0 fully saturated rings. The first-order valence-corrected chi connectivity index (χ1v) is 15.9. The van der Waals surface area contributed by atoms with E-state index in [-0.39, 0.29) is 0 Å². The van der Waals surface area contributed by atoms with Crippen molar-refractivity contribution in [3.63, 3.8) is 0 Å². The summed E-state index contributed by atoms with van der Waals surface area (Å²) >= 11 is 0. The Morgan fingerprint density at radius 2 is 0.851 bits per heavy atom. The van der Waals surface area contributed by atoms with E-state index in [1.54, 1.807) is 0 Å². The van der Waals surface area contributed by atoms with Gasteiger partial charge in [-0.2, -0.15) is 0 Å². The van der Waals surface area contributed by atoms with Gasteiger partial charge in [0.05, 0.1) is 0 Å². The standard InChI is InChI=1S/C44H32N2O/c1-31-13-12-22-42-43(31)47-44(45-42)34-25-23-32(24-26-34)38-18-8-10-20-40(38)41-21-11-9-19-39(41)33-27-29-37(30-28-33)46(35-14-4-2-5-15-35)36-16-6-3-7-17-36/h2-30H,1H3. The zero-order chi connectivity index (χ0) is 31.6. The summed E-state index contributed by atoms with van der Waals surface area (Å²) in [5.74, 6) is 0.640. The van der Waals surface area contributed by atoms with E-state index in [0.717, 1.165) is 44.9 Å². The highest BCUT2D eigenvalue weighted by Gasteiger charge is 2.16. The molecule has 0 amide bonds. The van der Waals surface area contributed by atoms with Crippen LogP contribution in [0.1, 0.15) is 5.56 Å². The third-order valence-electron chi connectivity index (χ3n) is 8.66. The number of benzene rings is 7. The van der Waals surface area contributed by atoms with Crippen LogP contribution in [0.25, 0.3) is 55.9 Å². The van der Waals surface area contributed by atoms with Crippen LogP contribution in [0.5, 0.6) is 0 Å². The van der Waals surface area contributed by atoms with Crippen molar-refractivity contribution in [1.82, 2.24) is 4.98 Å². The van der Waals surface area contributed by atoms with Gasteiger partial charge in [0, 0.05) is 22.6 Å². The van der Waals surface area contributed by atoms with Gasteiger partial charge in [0.2, 0.25) is 5.89 Å². The summed E-state index contributed by atoms with van der Waals surface area (Å²) in [6.07, 6.45) is 0. The Morgan fingerprint density at radius 3 is 1.38 bits per heavy atom. The van der Waals surface area contributed by atoms with E-state index < -0.39 is 0 Å². The van der Waals surface area contributed by atoms with Gasteiger partial charge >= 0.3 is 0 Å². The second-order valence-corrected chi connectivity index (χ2v) is 11.7. The molecule has 8 rings (SSSR count). The Kier molecular flexibility index (Phi) is 7.41. The Morgan fingerprint density at radius 1 is 0.404 bits per heavy atom. The summed E-state index contributed by atoms with van der Waals surface area (Å²) in [6, 6.07) is 61.8. The highest BCUT2D eigenvalue weighted by atomic mass is 16.3. The molecule has 0 saturated heterocycles. The van der Waals surface area contributed by atoms with E-state index in [0.29, 0.717) is 5.89 Å². The third-order valence-corrected chi connectivity index (χ3v) is 8.66. The smallest absolute Gasteiger partial charge is 0.227 e. The maximum absolute atomic E-state index is 6.15. The number of hydrogen-bond acceptors (Lipinski definition) is 3. The molecule has 8 aromatic rings. The molecule has 0 saturated carbocycles. The molecule has 0 bridgehead atoms. The number of anilines is 3. The van der Waals surface area contributed by atoms with E-state index in [1.807, 2.05) is 25.1 Å². The lowest BCUT2D eigenvalue weighted by molar-refractivity contribution is 0.617. The number of oxazole rings is 1. The van der Waals surface area contributed by atoms with Gasteiger partial charge in [-0.25, -0.2) is 4.98 Å². The van der Waals surface area contributed by atoms with Crippen LogP contribution in [0, 0.1) is 6.92 Å². The van der Waals surface area contributed by atoms with Gasteiger partial charge in [-0.05, 0) is 100 Å². The van der Waals surface area contributed by atoms with Gasteiger partial charge in [0.1, 0.15) is 5.52 Å². The summed E-state index contributed by atoms with van der Waals surface area (Å²) in [4.78, 5) is 7.03. The molecular weight excluding hydrogens is 572 g/mol. The van der Waals surface area contributed by atoms with Crippen molar-refractivity contribution in [3.05, 3.63) is 181 Å². The maximum Gasteiger partial charge on any atom is 0.227 e. The molecule has 3 nitrogen and oxygen atoms in total. The second-order valence-electron chi connectivity index (χ2n) is 11.7. The minimum atomic E-state index is 0.640. The molecule has 0 spiro atoms. The second kappa shape index (κ2) is 12.3. The van der Waals surface area contributed by atoms with Crippen molar-refractivity contribution in [2.75, 3.05) is 4.90 Å². The van der Waals surface area contributed by atoms with Gasteiger partial charge in [-0.3, -0.25) is 0 Å². The first-order chi connectivity index (χ1) is 23.2. The van der Waals surface area contributed by atoms with Crippen LogP contribution >= 0.6 is 0 Å². The molecular formula is C44H32N2O. The Labute approximate surface area is 275 Å². The van der Waals surface area contributed by atoms with Crippen molar-refractivity contribution in [3.8, 4) is 44.8 Å². The number of para-hydroxylation sites is 3. The summed E-state index contributed by atoms with van der Waals surface area (Å²) in [5.41, 5.74) is 14.2. The normalized spacial score (nSPS) is 11.1. The quantitative estimate of drug-likeness (QED) is 0.181. The fraction of sp³-hybridized carbons (Fsp3) is 0.0227. The molecule has 3 heteroatoms. The lowest BCUT2D eigenvalue weighted by atomic mass is 9.89. The van der Waals surface area contributed by atoms with Crippen LogP contribution in [0.3, 0.4) is 0 Å². The predicted molar refractivity (Wildman–Crippen MR) is 195 cm³/mol. The maximum atomic E-state index is 6.15. The topological polar surface area (TPSA) is 29.3 Å². The highest BCUT2D eigenvalue weighted by molar-refractivity contribution is 5.92. The number of aryl methyl sites for hydroxylation is 1. The molecule has 47 heavy (non-hydrogen) atoms. The van der Waals surface area contributed by atoms with E-state index in [4.69, 9.17) is 9.40 Å². The minimum Gasteiger partial charge on any atom is -0.436 e. The molecule has 1 heterocycles. The summed E-state index contributed by atoms with van der Waals surface area (Å²) in [6.45, 7) is 2.05. The summed E-state index contributed by atoms with van der Waals surface area (Å²) in [7, 11) is 0. The molecule has 224 valence electrons. The lowest BCUT2D eigenvalue weighted by Gasteiger charge is -2.25. The van der Waals surface area contributed by atoms with Crippen LogP contribution in [0.2, 0.25) is 0 Å². The van der Waals surface area contributed by atoms with Crippen molar-refractivity contribution >= 4 is 28.2 Å². The average molecular weight is 605 g/mol. The van der Waals surface area contributed by atoms with Crippen LogP contribution in [0.4, 0.5) is 17.1 Å². The fourth-order valence-corrected chi connectivity index (χ4v) is 6.33. The number of aromatic nitrogens is 1. The zero-order valence-corrected chi connectivity index (χ0v) is 26.0. The molecule has 0 atom stereocenters. The predicted octanol–water partition coefficient (Wildman–Crippen LogP) is 12.3. The van der Waals surface area contributed by atoms with Crippen LogP contribution in [0.15, 0.2) is 180 Å². The van der Waals surface area contributed by atoms with Gasteiger partial charge in [0.15, 0.2) is 5.58 Å². The van der Waals surface area contributed by atoms with Crippen LogP contribution in [-0.2, 0) is 0 Å². The van der Waals surface area contributed by atoms with Gasteiger partial charge in [0.25, 0.3) is 0 Å². The van der Waals surface area contributed by atoms with E-state index in [9.17, 15) is 0 Å². The van der Waals surface area contributed by atoms with E-state index in [2.05, 4.69) is 163 Å². The zero-order valence-electron chi connectivity index (χ0n) is 26.0. The monoisotopic (exact) mass is 604 g/mol. The number of nitrogens with zero attached hydrogens (tertiary/aromatic N) is 2. The molecule has 0 unspecified atom stereocenters.